The molecule has 0 unspecified atom stereocenters. The summed E-state index contributed by atoms with van der Waals surface area (Å²) in [6, 6.07) is 67.0. The standard InChI is InChI=1S/C23H12F3NO3S.C18H15OP.C15H15OP.Eu/c24-23(25,26)21(29)19-20(28)15-10-14-13-8-4-5-9-17(13)31-18(14)11-16(15)27(22(19)30)12-6-2-1-3-7-12;19-20(16-10-4-1-5-11-16,17-12-6-2-7-13-17)18-14-8-3-9-15-18;1-13(2)17(16,14-9-5-3-6-10-14)15-11-7-4-8-12-15;/h1-11,28H;1-15H;3-12H,1H2,2H3;. The van der Waals surface area contributed by atoms with Gasteiger partial charge in [-0.05, 0) is 42.6 Å². The minimum atomic E-state index is -5.31. The Hall–Kier alpha value is -5.77. The van der Waals surface area contributed by atoms with E-state index in [2.05, 4.69) is 6.58 Å². The van der Waals surface area contributed by atoms with Gasteiger partial charge in [0.2, 0.25) is 0 Å². The van der Waals surface area contributed by atoms with Crippen molar-refractivity contribution in [2.45, 2.75) is 13.1 Å². The summed E-state index contributed by atoms with van der Waals surface area (Å²) in [5.74, 6) is -3.34. The van der Waals surface area contributed by atoms with E-state index < -0.39 is 43.1 Å². The van der Waals surface area contributed by atoms with Crippen LogP contribution < -0.4 is 32.1 Å². The average molecular weight is 1110 g/mol. The molecule has 13 heteroatoms. The summed E-state index contributed by atoms with van der Waals surface area (Å²) in [6.07, 6.45) is -5.31. The number of carbonyl (C=O) groups excluding carboxylic acids is 1. The van der Waals surface area contributed by atoms with E-state index in [1.165, 1.54) is 17.4 Å². The number of hydrogen-bond donors (Lipinski definition) is 1. The Labute approximate surface area is 441 Å². The number of pyridine rings is 1. The number of Topliss-reactive ketones (excluding diaryl/α,β-unsaturated/α-hetero) is 1. The Balaban J connectivity index is 0.000000161. The summed E-state index contributed by atoms with van der Waals surface area (Å²) in [5.41, 5.74) is -2.01. The summed E-state index contributed by atoms with van der Waals surface area (Å²) < 4.78 is 69.5. The SMILES string of the molecule is C=C(C)P(=O)(c1ccccc1)c1ccccc1.O=C(c1c(O)c2cc3c(cc2n(-c2ccccc2)c1=O)sc1ccccc13)C(F)(F)F.O=P(c1ccccc1)(c1ccccc1)c1ccccc1.[Eu]. The summed E-state index contributed by atoms with van der Waals surface area (Å²) in [4.78, 5) is 25.2. The van der Waals surface area contributed by atoms with E-state index in [4.69, 9.17) is 0 Å². The molecule has 10 rings (SSSR count). The zero-order valence-corrected chi connectivity index (χ0v) is 41.9. The number of hydrogen-bond acceptors (Lipinski definition) is 6. The Kier molecular flexibility index (Phi) is 16.2. The van der Waals surface area contributed by atoms with Crippen LogP contribution in [0, 0.1) is 49.4 Å². The number of carbonyl (C=O) groups is 1. The predicted octanol–water partition coefficient (Wildman–Crippen LogP) is 12.7. The second-order valence-corrected chi connectivity index (χ2v) is 22.5. The second kappa shape index (κ2) is 21.9. The zero-order chi connectivity index (χ0) is 48.1. The van der Waals surface area contributed by atoms with Crippen molar-refractivity contribution in [2.24, 2.45) is 0 Å². The number of aromatic hydroxyl groups is 1. The molecule has 0 spiro atoms. The monoisotopic (exact) mass is 1110 g/mol. The van der Waals surface area contributed by atoms with Gasteiger partial charge < -0.3 is 14.2 Å². The molecule has 0 aliphatic heterocycles. The molecule has 2 aromatic heterocycles. The molecule has 345 valence electrons. The van der Waals surface area contributed by atoms with Crippen LogP contribution in [-0.2, 0) is 9.13 Å². The van der Waals surface area contributed by atoms with Gasteiger partial charge in [-0.15, -0.1) is 11.3 Å². The van der Waals surface area contributed by atoms with E-state index in [-0.39, 0.29) is 66.0 Å². The first-order valence-electron chi connectivity index (χ1n) is 21.3. The van der Waals surface area contributed by atoms with E-state index in [0.717, 1.165) is 51.2 Å². The minimum Gasteiger partial charge on any atom is -0.506 e. The number of aromatic nitrogens is 1. The summed E-state index contributed by atoms with van der Waals surface area (Å²) in [7, 11) is -5.47. The summed E-state index contributed by atoms with van der Waals surface area (Å²) in [5, 5.41) is 17.3. The van der Waals surface area contributed by atoms with Crippen molar-refractivity contribution >= 4 is 89.0 Å². The zero-order valence-electron chi connectivity index (χ0n) is 36.8. The van der Waals surface area contributed by atoms with Crippen molar-refractivity contribution in [2.75, 3.05) is 0 Å². The van der Waals surface area contributed by atoms with Gasteiger partial charge in [-0.25, -0.2) is 0 Å². The smallest absolute Gasteiger partial charge is 0.455 e. The van der Waals surface area contributed by atoms with Crippen LogP contribution in [0.5, 0.6) is 5.75 Å². The van der Waals surface area contributed by atoms with Gasteiger partial charge in [0.1, 0.15) is 11.3 Å². The molecule has 0 bridgehead atoms. The number of rotatable bonds is 8. The van der Waals surface area contributed by atoms with Crippen molar-refractivity contribution in [3.05, 3.63) is 246 Å². The molecule has 8 aromatic carbocycles. The van der Waals surface area contributed by atoms with Crippen LogP contribution in [0.4, 0.5) is 13.2 Å². The van der Waals surface area contributed by atoms with Crippen LogP contribution in [0.15, 0.2) is 235 Å². The topological polar surface area (TPSA) is 93.4 Å². The predicted molar refractivity (Wildman–Crippen MR) is 275 cm³/mol. The van der Waals surface area contributed by atoms with Gasteiger partial charge in [0.25, 0.3) is 11.3 Å². The third-order valence-corrected chi connectivity index (χ3v) is 18.6. The maximum absolute atomic E-state index is 13.8. The normalized spacial score (nSPS) is 11.4. The van der Waals surface area contributed by atoms with Gasteiger partial charge in [-0.2, -0.15) is 13.2 Å². The summed E-state index contributed by atoms with van der Waals surface area (Å²) >= 11 is 1.46. The molecular weight excluding hydrogens is 1070 g/mol. The fraction of sp³-hybridized carbons (Fsp3) is 0.0357. The van der Waals surface area contributed by atoms with Gasteiger partial charge in [-0.1, -0.05) is 195 Å². The molecule has 2 heterocycles. The number of allylic oxidation sites excluding steroid dienone is 1. The number of para-hydroxylation sites is 1. The molecule has 1 N–H and O–H groups in total. The van der Waals surface area contributed by atoms with E-state index >= 15 is 0 Å². The van der Waals surface area contributed by atoms with Gasteiger partial charge in [0.15, 0.2) is 14.3 Å². The number of halogens is 3. The molecule has 69 heavy (non-hydrogen) atoms. The van der Waals surface area contributed by atoms with Crippen LogP contribution in [-0.4, -0.2) is 21.6 Å². The van der Waals surface area contributed by atoms with E-state index in [1.807, 2.05) is 183 Å². The molecule has 0 saturated carbocycles. The molecule has 0 atom stereocenters. The molecule has 0 fully saturated rings. The number of ketones is 1. The van der Waals surface area contributed by atoms with Gasteiger partial charge in [0.05, 0.1) is 5.52 Å². The third kappa shape index (κ3) is 10.4. The Morgan fingerprint density at radius 3 is 1.36 bits per heavy atom. The van der Waals surface area contributed by atoms with Gasteiger partial charge in [-0.3, -0.25) is 14.2 Å². The van der Waals surface area contributed by atoms with Crippen LogP contribution in [0.1, 0.15) is 17.3 Å². The Morgan fingerprint density at radius 1 is 0.551 bits per heavy atom. The van der Waals surface area contributed by atoms with Gasteiger partial charge >= 0.3 is 6.18 Å². The van der Waals surface area contributed by atoms with E-state index in [0.29, 0.717) is 5.39 Å². The van der Waals surface area contributed by atoms with E-state index in [9.17, 15) is 37.0 Å². The van der Waals surface area contributed by atoms with Crippen LogP contribution in [0.2, 0.25) is 0 Å². The fourth-order valence-corrected chi connectivity index (χ4v) is 14.2. The molecule has 1 radical (unpaired) electrons. The maximum Gasteiger partial charge on any atom is 0.455 e. The van der Waals surface area contributed by atoms with Crippen LogP contribution in [0.3, 0.4) is 0 Å². The first kappa shape index (κ1) is 51.1. The molecule has 10 aromatic rings. The largest absolute Gasteiger partial charge is 0.506 e. The first-order chi connectivity index (χ1) is 32.7. The number of alkyl halides is 3. The number of fused-ring (bicyclic) bond motifs is 4. The Morgan fingerprint density at radius 2 is 0.942 bits per heavy atom. The van der Waals surface area contributed by atoms with Crippen LogP contribution >= 0.6 is 25.6 Å². The average Bonchev–Trinajstić information content (AvgIpc) is 3.74. The van der Waals surface area contributed by atoms with Crippen molar-refractivity contribution in [3.63, 3.8) is 0 Å². The minimum absolute atomic E-state index is 0. The molecule has 0 amide bonds. The molecule has 0 aliphatic carbocycles. The molecule has 0 aliphatic rings. The first-order valence-corrected chi connectivity index (χ1v) is 25.5. The van der Waals surface area contributed by atoms with Crippen molar-refractivity contribution in [1.29, 1.82) is 0 Å². The number of thiophene rings is 1. The third-order valence-electron chi connectivity index (χ3n) is 11.3. The molecule has 6 nitrogen and oxygen atoms in total. The molecule has 0 saturated heterocycles. The van der Waals surface area contributed by atoms with E-state index in [1.54, 1.807) is 36.4 Å². The fourth-order valence-electron chi connectivity index (χ4n) is 8.00. The van der Waals surface area contributed by atoms with Crippen molar-refractivity contribution in [1.82, 2.24) is 4.57 Å². The quantitative estimate of drug-likeness (QED) is 0.121. The second-order valence-electron chi connectivity index (χ2n) is 15.6. The van der Waals surface area contributed by atoms with Gasteiger partial charge in [0, 0.05) is 107 Å². The summed E-state index contributed by atoms with van der Waals surface area (Å²) in [6.45, 7) is 5.75. The van der Waals surface area contributed by atoms with Crippen LogP contribution in [0.25, 0.3) is 36.8 Å². The number of nitrogens with zero attached hydrogens (tertiary/aromatic N) is 1. The Bertz CT molecular complexity index is 3430. The molecular formula is C56H42EuF3NO5P2S. The number of benzene rings is 8. The van der Waals surface area contributed by atoms with Crippen molar-refractivity contribution < 1.29 is 81.6 Å². The maximum atomic E-state index is 13.8. The van der Waals surface area contributed by atoms with Crippen molar-refractivity contribution in [3.8, 4) is 11.4 Å².